The standard InChI is InChI=1S/C26H31N3O3Si/c1-20(30)32-25(23-16-10-11-17-24(23)28-29-27)18-12-15-22(21-13-8-7-9-14-21)19-31-33(5,6)26(2,3)4/h7-11,13-17,25H,19H2,1-6H3/b22-15-. The molecule has 2 rings (SSSR count). The van der Waals surface area contributed by atoms with E-state index < -0.39 is 20.4 Å². The number of azide groups is 1. The van der Waals surface area contributed by atoms with Crippen molar-refractivity contribution in [1.82, 2.24) is 0 Å². The highest BCUT2D eigenvalue weighted by molar-refractivity contribution is 6.74. The van der Waals surface area contributed by atoms with Crippen molar-refractivity contribution in [1.29, 1.82) is 0 Å². The quantitative estimate of drug-likeness (QED) is 0.108. The second-order valence-corrected chi connectivity index (χ2v) is 13.9. The van der Waals surface area contributed by atoms with Crippen LogP contribution in [-0.4, -0.2) is 20.9 Å². The molecule has 1 unspecified atom stereocenters. The molecule has 2 aromatic rings. The molecule has 0 aliphatic rings. The number of allylic oxidation sites excluding steroid dienone is 1. The molecule has 7 heteroatoms. The summed E-state index contributed by atoms with van der Waals surface area (Å²) in [7, 11) is -1.96. The normalized spacial score (nSPS) is 12.7. The Labute approximate surface area is 197 Å². The molecule has 0 heterocycles. The van der Waals surface area contributed by atoms with Crippen molar-refractivity contribution in [2.45, 2.75) is 51.9 Å². The highest BCUT2D eigenvalue weighted by Crippen LogP contribution is 2.37. The van der Waals surface area contributed by atoms with Crippen molar-refractivity contribution >= 4 is 25.5 Å². The molecule has 0 aliphatic carbocycles. The van der Waals surface area contributed by atoms with Gasteiger partial charge >= 0.3 is 5.97 Å². The Morgan fingerprint density at radius 1 is 1.15 bits per heavy atom. The van der Waals surface area contributed by atoms with Gasteiger partial charge in [-0.15, -0.1) is 0 Å². The zero-order chi connectivity index (χ0) is 24.5. The number of ether oxygens (including phenoxy) is 1. The number of hydrogen-bond donors (Lipinski definition) is 0. The molecule has 0 saturated heterocycles. The van der Waals surface area contributed by atoms with E-state index >= 15 is 0 Å². The van der Waals surface area contributed by atoms with Gasteiger partial charge in [0, 0.05) is 23.1 Å². The van der Waals surface area contributed by atoms with E-state index in [9.17, 15) is 4.79 Å². The highest BCUT2D eigenvalue weighted by atomic mass is 28.4. The fraction of sp³-hybridized carbons (Fsp3) is 0.346. The lowest BCUT2D eigenvalue weighted by atomic mass is 10.1. The number of nitrogens with zero attached hydrogens (tertiary/aromatic N) is 3. The maximum atomic E-state index is 11.7. The Balaban J connectivity index is 2.43. The van der Waals surface area contributed by atoms with Gasteiger partial charge in [0.1, 0.15) is 0 Å². The molecule has 2 aromatic carbocycles. The molecule has 1 atom stereocenters. The molecular weight excluding hydrogens is 430 g/mol. The van der Waals surface area contributed by atoms with Crippen LogP contribution in [0.4, 0.5) is 5.69 Å². The number of benzene rings is 2. The van der Waals surface area contributed by atoms with Gasteiger partial charge in [-0.1, -0.05) is 86.4 Å². The summed E-state index contributed by atoms with van der Waals surface area (Å²) in [6.45, 7) is 12.8. The molecule has 6 nitrogen and oxygen atoms in total. The van der Waals surface area contributed by atoms with Crippen LogP contribution in [0, 0.1) is 11.8 Å². The Bertz CT molecular complexity index is 1100. The zero-order valence-electron chi connectivity index (χ0n) is 20.1. The highest BCUT2D eigenvalue weighted by Gasteiger charge is 2.37. The zero-order valence-corrected chi connectivity index (χ0v) is 21.1. The van der Waals surface area contributed by atoms with Crippen LogP contribution >= 0.6 is 0 Å². The maximum Gasteiger partial charge on any atom is 0.304 e. The first-order valence-corrected chi connectivity index (χ1v) is 13.7. The predicted molar refractivity (Wildman–Crippen MR) is 135 cm³/mol. The Kier molecular flexibility index (Phi) is 9.07. The third kappa shape index (κ3) is 7.65. The molecule has 0 aromatic heterocycles. The van der Waals surface area contributed by atoms with Gasteiger partial charge in [0.15, 0.2) is 14.4 Å². The van der Waals surface area contributed by atoms with Gasteiger partial charge in [0.2, 0.25) is 0 Å². The Morgan fingerprint density at radius 3 is 2.39 bits per heavy atom. The predicted octanol–water partition coefficient (Wildman–Crippen LogP) is 7.34. The molecule has 0 N–H and O–H groups in total. The second-order valence-electron chi connectivity index (χ2n) is 9.11. The van der Waals surface area contributed by atoms with Crippen LogP contribution in [0.2, 0.25) is 18.1 Å². The van der Waals surface area contributed by atoms with Gasteiger partial charge in [-0.05, 0) is 46.8 Å². The fourth-order valence-corrected chi connectivity index (χ4v) is 3.67. The third-order valence-corrected chi connectivity index (χ3v) is 10.1. The van der Waals surface area contributed by atoms with E-state index in [1.54, 1.807) is 30.3 Å². The summed E-state index contributed by atoms with van der Waals surface area (Å²) in [5.74, 6) is 5.57. The van der Waals surface area contributed by atoms with Gasteiger partial charge in [-0.3, -0.25) is 4.79 Å². The summed E-state index contributed by atoms with van der Waals surface area (Å²) in [6, 6.07) is 16.9. The van der Waals surface area contributed by atoms with E-state index in [4.69, 9.17) is 14.7 Å². The van der Waals surface area contributed by atoms with Crippen LogP contribution in [0.5, 0.6) is 0 Å². The van der Waals surface area contributed by atoms with Crippen molar-refractivity contribution in [3.63, 3.8) is 0 Å². The average Bonchev–Trinajstić information content (AvgIpc) is 2.75. The molecule has 0 fully saturated rings. The van der Waals surface area contributed by atoms with Crippen molar-refractivity contribution in [3.8, 4) is 11.8 Å². The first-order valence-electron chi connectivity index (χ1n) is 10.8. The third-order valence-electron chi connectivity index (χ3n) is 5.66. The van der Waals surface area contributed by atoms with Gasteiger partial charge in [-0.25, -0.2) is 0 Å². The second kappa shape index (κ2) is 11.5. The minimum atomic E-state index is -1.96. The van der Waals surface area contributed by atoms with Gasteiger partial charge in [-0.2, -0.15) is 0 Å². The number of hydrogen-bond acceptors (Lipinski definition) is 4. The first-order chi connectivity index (χ1) is 15.5. The summed E-state index contributed by atoms with van der Waals surface area (Å²) < 4.78 is 11.9. The summed E-state index contributed by atoms with van der Waals surface area (Å²) in [6.07, 6.45) is 0.938. The average molecular weight is 462 g/mol. The minimum absolute atomic E-state index is 0.0892. The number of carbonyl (C=O) groups excluding carboxylic acids is 1. The van der Waals surface area contributed by atoms with Gasteiger partial charge in [0.05, 0.1) is 6.61 Å². The molecule has 33 heavy (non-hydrogen) atoms. The number of rotatable bonds is 7. The smallest absolute Gasteiger partial charge is 0.304 e. The van der Waals surface area contributed by atoms with Crippen LogP contribution in [0.15, 0.2) is 65.8 Å². The SMILES string of the molecule is CC(=O)OC(C#C/C=C(/CO[Si](C)(C)C(C)(C)C)c1ccccc1)c1ccccc1N=[N+]=[N-]. The van der Waals surface area contributed by atoms with Crippen molar-refractivity contribution < 1.29 is 14.0 Å². The molecule has 0 aliphatic heterocycles. The van der Waals surface area contributed by atoms with Gasteiger partial charge < -0.3 is 9.16 Å². The van der Waals surface area contributed by atoms with E-state index in [0.29, 0.717) is 17.9 Å². The fourth-order valence-electron chi connectivity index (χ4n) is 2.72. The minimum Gasteiger partial charge on any atom is -0.444 e. The molecule has 0 amide bonds. The van der Waals surface area contributed by atoms with E-state index in [1.165, 1.54) is 6.92 Å². The van der Waals surface area contributed by atoms with Crippen LogP contribution in [0.1, 0.15) is 44.9 Å². The Hall–Kier alpha value is -3.30. The monoisotopic (exact) mass is 461 g/mol. The lowest BCUT2D eigenvalue weighted by Gasteiger charge is -2.36. The van der Waals surface area contributed by atoms with Crippen molar-refractivity contribution in [3.05, 3.63) is 82.2 Å². The molecule has 0 bridgehead atoms. The summed E-state index contributed by atoms with van der Waals surface area (Å²) in [4.78, 5) is 14.6. The molecule has 0 spiro atoms. The topological polar surface area (TPSA) is 84.3 Å². The summed E-state index contributed by atoms with van der Waals surface area (Å²) >= 11 is 0. The van der Waals surface area contributed by atoms with Crippen LogP contribution in [-0.2, 0) is 14.0 Å². The van der Waals surface area contributed by atoms with Crippen LogP contribution in [0.25, 0.3) is 16.0 Å². The number of carbonyl (C=O) groups is 1. The van der Waals surface area contributed by atoms with E-state index in [0.717, 1.165) is 11.1 Å². The first kappa shape index (κ1) is 26.0. The van der Waals surface area contributed by atoms with E-state index in [2.05, 4.69) is 55.7 Å². The van der Waals surface area contributed by atoms with Gasteiger partial charge in [0.25, 0.3) is 0 Å². The number of esters is 1. The van der Waals surface area contributed by atoms with Crippen molar-refractivity contribution in [2.24, 2.45) is 5.11 Å². The lowest BCUT2D eigenvalue weighted by molar-refractivity contribution is -0.144. The molecule has 0 radical (unpaired) electrons. The Morgan fingerprint density at radius 2 is 1.79 bits per heavy atom. The lowest BCUT2D eigenvalue weighted by Crippen LogP contribution is -2.41. The molecule has 0 saturated carbocycles. The summed E-state index contributed by atoms with van der Waals surface area (Å²) in [5.41, 5.74) is 11.7. The largest absolute Gasteiger partial charge is 0.444 e. The maximum absolute atomic E-state index is 11.7. The van der Waals surface area contributed by atoms with Crippen LogP contribution < -0.4 is 0 Å². The summed E-state index contributed by atoms with van der Waals surface area (Å²) in [5, 5.41) is 3.78. The van der Waals surface area contributed by atoms with Crippen molar-refractivity contribution in [2.75, 3.05) is 6.61 Å². The van der Waals surface area contributed by atoms with E-state index in [-0.39, 0.29) is 5.04 Å². The molecule has 172 valence electrons. The molecular formula is C26H31N3O3Si. The van der Waals surface area contributed by atoms with Crippen LogP contribution in [0.3, 0.4) is 0 Å². The van der Waals surface area contributed by atoms with E-state index in [1.807, 2.05) is 30.3 Å².